The van der Waals surface area contributed by atoms with E-state index in [2.05, 4.69) is 14.9 Å². The number of aromatic nitrogens is 2. The molecule has 0 amide bonds. The van der Waals surface area contributed by atoms with Gasteiger partial charge in [0.15, 0.2) is 0 Å². The van der Waals surface area contributed by atoms with Crippen LogP contribution in [0.2, 0.25) is 0 Å². The average molecular weight is 303 g/mol. The molecule has 1 aliphatic rings. The Labute approximate surface area is 127 Å². The van der Waals surface area contributed by atoms with Crippen LogP contribution in [-0.4, -0.2) is 28.5 Å². The zero-order chi connectivity index (χ0) is 15.7. The zero-order valence-electron chi connectivity index (χ0n) is 12.6. The molecule has 0 bridgehead atoms. The first-order valence-corrected chi connectivity index (χ1v) is 7.20. The predicted octanol–water partition coefficient (Wildman–Crippen LogP) is 1.78. The van der Waals surface area contributed by atoms with Crippen molar-refractivity contribution in [2.75, 3.05) is 13.7 Å². The van der Waals surface area contributed by atoms with Gasteiger partial charge in [0.25, 0.3) is 5.56 Å². The number of rotatable bonds is 3. The van der Waals surface area contributed by atoms with Gasteiger partial charge < -0.3 is 9.72 Å². The van der Waals surface area contributed by atoms with Crippen molar-refractivity contribution in [1.82, 2.24) is 14.9 Å². The predicted molar refractivity (Wildman–Crippen MR) is 80.4 cm³/mol. The van der Waals surface area contributed by atoms with Crippen molar-refractivity contribution in [1.29, 1.82) is 0 Å². The summed E-state index contributed by atoms with van der Waals surface area (Å²) in [5, 5.41) is 0. The maximum Gasteiger partial charge on any atom is 0.254 e. The number of fused-ring (bicyclic) bond motifs is 1. The molecule has 1 aromatic carbocycles. The maximum atomic E-state index is 13.9. The van der Waals surface area contributed by atoms with Gasteiger partial charge in [-0.05, 0) is 31.5 Å². The van der Waals surface area contributed by atoms with Crippen molar-refractivity contribution in [3.63, 3.8) is 0 Å². The van der Waals surface area contributed by atoms with Crippen LogP contribution < -0.4 is 10.3 Å². The summed E-state index contributed by atoms with van der Waals surface area (Å²) in [5.41, 5.74) is 2.06. The molecule has 0 aliphatic carbocycles. The van der Waals surface area contributed by atoms with Gasteiger partial charge in [-0.2, -0.15) is 0 Å². The second kappa shape index (κ2) is 5.88. The number of ether oxygens (including phenoxy) is 1. The standard InChI is InChI=1S/C16H18FN3O2/c1-10-18-15-9-20(6-5-13(15)16(21)19-10)8-11-7-12(22-2)3-4-14(11)17/h3-4,7H,5-6,8-9H2,1-2H3,(H,18,19,21). The Morgan fingerprint density at radius 2 is 2.27 bits per heavy atom. The number of nitrogens with one attached hydrogen (secondary N) is 1. The molecule has 6 heteroatoms. The Kier molecular flexibility index (Phi) is 3.94. The number of hydrogen-bond acceptors (Lipinski definition) is 4. The third-order valence-corrected chi connectivity index (χ3v) is 3.92. The van der Waals surface area contributed by atoms with Crippen molar-refractivity contribution in [3.05, 3.63) is 57.0 Å². The number of benzene rings is 1. The highest BCUT2D eigenvalue weighted by Crippen LogP contribution is 2.21. The molecule has 0 fully saturated rings. The van der Waals surface area contributed by atoms with E-state index in [-0.39, 0.29) is 11.4 Å². The summed E-state index contributed by atoms with van der Waals surface area (Å²) < 4.78 is 19.1. The van der Waals surface area contributed by atoms with Crippen LogP contribution >= 0.6 is 0 Å². The highest BCUT2D eigenvalue weighted by atomic mass is 19.1. The Bertz CT molecular complexity index is 758. The van der Waals surface area contributed by atoms with E-state index in [1.807, 2.05) is 0 Å². The van der Waals surface area contributed by atoms with Crippen molar-refractivity contribution >= 4 is 0 Å². The smallest absolute Gasteiger partial charge is 0.254 e. The second-order valence-electron chi connectivity index (χ2n) is 5.49. The van der Waals surface area contributed by atoms with E-state index in [4.69, 9.17) is 4.74 Å². The van der Waals surface area contributed by atoms with Crippen LogP contribution in [0, 0.1) is 12.7 Å². The lowest BCUT2D eigenvalue weighted by Crippen LogP contribution is -2.35. The Morgan fingerprint density at radius 1 is 1.45 bits per heavy atom. The van der Waals surface area contributed by atoms with E-state index < -0.39 is 0 Å². The number of H-pyrrole nitrogens is 1. The van der Waals surface area contributed by atoms with Gasteiger partial charge in [0.2, 0.25) is 0 Å². The molecule has 22 heavy (non-hydrogen) atoms. The molecule has 0 saturated heterocycles. The third kappa shape index (κ3) is 2.87. The van der Waals surface area contributed by atoms with E-state index in [0.29, 0.717) is 43.2 Å². The molecular weight excluding hydrogens is 285 g/mol. The highest BCUT2D eigenvalue weighted by Gasteiger charge is 2.21. The fourth-order valence-electron chi connectivity index (χ4n) is 2.79. The molecule has 2 heterocycles. The zero-order valence-corrected chi connectivity index (χ0v) is 12.6. The molecule has 0 spiro atoms. The first-order valence-electron chi connectivity index (χ1n) is 7.20. The maximum absolute atomic E-state index is 13.9. The molecule has 2 aromatic rings. The molecule has 3 rings (SSSR count). The molecule has 0 atom stereocenters. The first kappa shape index (κ1) is 14.7. The van der Waals surface area contributed by atoms with Crippen LogP contribution in [0.5, 0.6) is 5.75 Å². The van der Waals surface area contributed by atoms with Gasteiger partial charge in [-0.15, -0.1) is 0 Å². The normalized spacial score (nSPS) is 14.7. The van der Waals surface area contributed by atoms with Crippen LogP contribution in [0.1, 0.15) is 22.6 Å². The van der Waals surface area contributed by atoms with Crippen molar-refractivity contribution < 1.29 is 9.13 Å². The lowest BCUT2D eigenvalue weighted by atomic mass is 10.1. The second-order valence-corrected chi connectivity index (χ2v) is 5.49. The number of aromatic amines is 1. The van der Waals surface area contributed by atoms with Gasteiger partial charge in [0.1, 0.15) is 17.4 Å². The Morgan fingerprint density at radius 3 is 3.05 bits per heavy atom. The van der Waals surface area contributed by atoms with Crippen molar-refractivity contribution in [2.45, 2.75) is 26.4 Å². The van der Waals surface area contributed by atoms with E-state index in [9.17, 15) is 9.18 Å². The number of aryl methyl sites for hydroxylation is 1. The SMILES string of the molecule is COc1ccc(F)c(CN2CCc3c(nc(C)[nH]c3=O)C2)c1. The van der Waals surface area contributed by atoms with Crippen LogP contribution in [-0.2, 0) is 19.5 Å². The van der Waals surface area contributed by atoms with E-state index in [1.54, 1.807) is 26.2 Å². The molecule has 0 saturated carbocycles. The summed E-state index contributed by atoms with van der Waals surface area (Å²) in [7, 11) is 1.56. The van der Waals surface area contributed by atoms with Crippen molar-refractivity contribution in [2.24, 2.45) is 0 Å². The van der Waals surface area contributed by atoms with Gasteiger partial charge in [-0.1, -0.05) is 0 Å². The lowest BCUT2D eigenvalue weighted by Gasteiger charge is -2.27. The van der Waals surface area contributed by atoms with Gasteiger partial charge in [-0.3, -0.25) is 9.69 Å². The third-order valence-electron chi connectivity index (χ3n) is 3.92. The fourth-order valence-corrected chi connectivity index (χ4v) is 2.79. The fraction of sp³-hybridized carbons (Fsp3) is 0.375. The minimum atomic E-state index is -0.248. The Hall–Kier alpha value is -2.21. The van der Waals surface area contributed by atoms with Crippen LogP contribution in [0.25, 0.3) is 0 Å². The summed E-state index contributed by atoms with van der Waals surface area (Å²) in [6, 6.07) is 4.73. The molecule has 0 radical (unpaired) electrons. The first-order chi connectivity index (χ1) is 10.6. The molecule has 116 valence electrons. The molecular formula is C16H18FN3O2. The topological polar surface area (TPSA) is 58.2 Å². The quantitative estimate of drug-likeness (QED) is 0.939. The summed E-state index contributed by atoms with van der Waals surface area (Å²) in [6.45, 7) is 3.49. The van der Waals surface area contributed by atoms with E-state index in [1.165, 1.54) is 6.07 Å². The molecule has 1 N–H and O–H groups in total. The molecule has 1 aromatic heterocycles. The highest BCUT2D eigenvalue weighted by molar-refractivity contribution is 5.30. The minimum Gasteiger partial charge on any atom is -0.497 e. The Balaban J connectivity index is 1.82. The molecule has 1 aliphatic heterocycles. The molecule has 0 unspecified atom stereocenters. The number of nitrogens with zero attached hydrogens (tertiary/aromatic N) is 2. The van der Waals surface area contributed by atoms with E-state index >= 15 is 0 Å². The lowest BCUT2D eigenvalue weighted by molar-refractivity contribution is 0.236. The minimum absolute atomic E-state index is 0.0605. The van der Waals surface area contributed by atoms with E-state index in [0.717, 1.165) is 11.3 Å². The summed E-state index contributed by atoms with van der Waals surface area (Å²) in [4.78, 5) is 21.1. The number of hydrogen-bond donors (Lipinski definition) is 1. The monoisotopic (exact) mass is 303 g/mol. The van der Waals surface area contributed by atoms with Crippen LogP contribution in [0.3, 0.4) is 0 Å². The van der Waals surface area contributed by atoms with Gasteiger partial charge in [0, 0.05) is 30.8 Å². The number of halogens is 1. The summed E-state index contributed by atoms with van der Waals surface area (Å²) in [5.74, 6) is 0.999. The summed E-state index contributed by atoms with van der Waals surface area (Å²) in [6.07, 6.45) is 0.629. The van der Waals surface area contributed by atoms with Gasteiger partial charge in [-0.25, -0.2) is 9.37 Å². The largest absolute Gasteiger partial charge is 0.497 e. The van der Waals surface area contributed by atoms with Gasteiger partial charge >= 0.3 is 0 Å². The summed E-state index contributed by atoms with van der Waals surface area (Å²) >= 11 is 0. The van der Waals surface area contributed by atoms with Crippen LogP contribution in [0.15, 0.2) is 23.0 Å². The average Bonchev–Trinajstić information content (AvgIpc) is 2.49. The van der Waals surface area contributed by atoms with Gasteiger partial charge in [0.05, 0.1) is 12.8 Å². The number of methoxy groups -OCH3 is 1. The van der Waals surface area contributed by atoms with Crippen LogP contribution in [0.4, 0.5) is 4.39 Å². The molecule has 5 nitrogen and oxygen atoms in total. The van der Waals surface area contributed by atoms with Crippen molar-refractivity contribution in [3.8, 4) is 5.75 Å².